The van der Waals surface area contributed by atoms with Crippen molar-refractivity contribution in [3.05, 3.63) is 0 Å². The third-order valence-corrected chi connectivity index (χ3v) is 4.54. The molecule has 2 aliphatic rings. The first-order valence-electron chi connectivity index (χ1n) is 8.22. The third-order valence-electron chi connectivity index (χ3n) is 4.54. The number of carbonyl (C=O) groups excluding carboxylic acids is 3. The van der Waals surface area contributed by atoms with Gasteiger partial charge in [0.2, 0.25) is 17.7 Å². The number of amides is 3. The van der Waals surface area contributed by atoms with Crippen molar-refractivity contribution in [2.24, 2.45) is 5.73 Å². The van der Waals surface area contributed by atoms with Gasteiger partial charge in [-0.2, -0.15) is 0 Å². The Bertz CT molecular complexity index is 524. The lowest BCUT2D eigenvalue weighted by molar-refractivity contribution is -0.139. The molecule has 0 spiro atoms. The zero-order chi connectivity index (χ0) is 17.7. The van der Waals surface area contributed by atoms with Crippen LogP contribution in [0.4, 0.5) is 0 Å². The minimum atomic E-state index is -0.962. The summed E-state index contributed by atoms with van der Waals surface area (Å²) in [6.45, 7) is 1.09. The van der Waals surface area contributed by atoms with Crippen LogP contribution in [0.2, 0.25) is 0 Å². The second-order valence-electron chi connectivity index (χ2n) is 6.21. The topological polar surface area (TPSA) is 133 Å². The van der Waals surface area contributed by atoms with Crippen LogP contribution in [0.1, 0.15) is 32.1 Å². The number of nitrogens with two attached hydrogens (primary N) is 1. The van der Waals surface area contributed by atoms with Gasteiger partial charge in [0.05, 0.1) is 12.6 Å². The van der Waals surface area contributed by atoms with Crippen LogP contribution < -0.4 is 11.1 Å². The standard InChI is InChI=1S/C15H24N4O5/c16-14(23)10-3-2-8-19(10)12(20)5-6-17-15(24)11-4-1-7-18(11)9-13(21)22/h10-11H,1-9H2,(H2,16,23)(H,17,24)(H,21,22)/t10-,11-/m0/s1. The second kappa shape index (κ2) is 8.09. The van der Waals surface area contributed by atoms with Gasteiger partial charge < -0.3 is 21.1 Å². The van der Waals surface area contributed by atoms with E-state index in [1.54, 1.807) is 4.90 Å². The van der Waals surface area contributed by atoms with Crippen LogP contribution in [0.25, 0.3) is 0 Å². The lowest BCUT2D eigenvalue weighted by atomic mass is 10.2. The number of carbonyl (C=O) groups is 4. The van der Waals surface area contributed by atoms with E-state index in [4.69, 9.17) is 10.8 Å². The molecule has 2 atom stereocenters. The van der Waals surface area contributed by atoms with E-state index in [0.29, 0.717) is 25.9 Å². The van der Waals surface area contributed by atoms with Gasteiger partial charge >= 0.3 is 5.97 Å². The first-order valence-corrected chi connectivity index (χ1v) is 8.22. The highest BCUT2D eigenvalue weighted by molar-refractivity contribution is 5.88. The molecule has 0 bridgehead atoms. The van der Waals surface area contributed by atoms with Crippen LogP contribution in [-0.2, 0) is 19.2 Å². The summed E-state index contributed by atoms with van der Waals surface area (Å²) in [5.41, 5.74) is 5.28. The summed E-state index contributed by atoms with van der Waals surface area (Å²) in [5, 5.41) is 11.5. The number of hydrogen-bond donors (Lipinski definition) is 3. The first-order chi connectivity index (χ1) is 11.4. The van der Waals surface area contributed by atoms with Crippen molar-refractivity contribution >= 4 is 23.7 Å². The molecular weight excluding hydrogens is 316 g/mol. The van der Waals surface area contributed by atoms with Crippen LogP contribution >= 0.6 is 0 Å². The van der Waals surface area contributed by atoms with Crippen molar-refractivity contribution in [1.82, 2.24) is 15.1 Å². The molecule has 0 aromatic heterocycles. The Morgan fingerprint density at radius 1 is 1.08 bits per heavy atom. The lowest BCUT2D eigenvalue weighted by Crippen LogP contribution is -2.47. The van der Waals surface area contributed by atoms with Crippen molar-refractivity contribution in [3.8, 4) is 0 Å². The fourth-order valence-electron chi connectivity index (χ4n) is 3.40. The van der Waals surface area contributed by atoms with Gasteiger partial charge in [0.1, 0.15) is 6.04 Å². The average molecular weight is 340 g/mol. The van der Waals surface area contributed by atoms with Gasteiger partial charge in [-0.3, -0.25) is 24.1 Å². The first kappa shape index (κ1) is 18.2. The van der Waals surface area contributed by atoms with Crippen LogP contribution in [0, 0.1) is 0 Å². The zero-order valence-electron chi connectivity index (χ0n) is 13.6. The quantitative estimate of drug-likeness (QED) is 0.517. The Balaban J connectivity index is 1.77. The van der Waals surface area contributed by atoms with Crippen molar-refractivity contribution in [2.75, 3.05) is 26.2 Å². The number of aliphatic carboxylic acids is 1. The molecule has 9 nitrogen and oxygen atoms in total. The lowest BCUT2D eigenvalue weighted by Gasteiger charge is -2.23. The summed E-state index contributed by atoms with van der Waals surface area (Å²) < 4.78 is 0. The fraction of sp³-hybridized carbons (Fsp3) is 0.733. The van der Waals surface area contributed by atoms with Crippen LogP contribution in [0.15, 0.2) is 0 Å². The Morgan fingerprint density at radius 3 is 2.42 bits per heavy atom. The van der Waals surface area contributed by atoms with E-state index in [9.17, 15) is 19.2 Å². The van der Waals surface area contributed by atoms with Crippen LogP contribution in [0.3, 0.4) is 0 Å². The minimum absolute atomic E-state index is 0.0984. The van der Waals surface area contributed by atoms with Crippen molar-refractivity contribution in [3.63, 3.8) is 0 Å². The molecule has 4 N–H and O–H groups in total. The highest BCUT2D eigenvalue weighted by atomic mass is 16.4. The van der Waals surface area contributed by atoms with Crippen LogP contribution in [0.5, 0.6) is 0 Å². The van der Waals surface area contributed by atoms with Gasteiger partial charge in [0, 0.05) is 19.5 Å². The molecule has 2 saturated heterocycles. The van der Waals surface area contributed by atoms with E-state index >= 15 is 0 Å². The van der Waals surface area contributed by atoms with Gasteiger partial charge in [-0.1, -0.05) is 0 Å². The molecule has 0 radical (unpaired) electrons. The highest BCUT2D eigenvalue weighted by Crippen LogP contribution is 2.18. The Morgan fingerprint density at radius 2 is 1.75 bits per heavy atom. The molecule has 134 valence electrons. The van der Waals surface area contributed by atoms with E-state index in [1.165, 1.54) is 4.90 Å². The van der Waals surface area contributed by atoms with Gasteiger partial charge in [-0.05, 0) is 32.2 Å². The highest BCUT2D eigenvalue weighted by Gasteiger charge is 2.33. The monoisotopic (exact) mass is 340 g/mol. The Kier molecular flexibility index (Phi) is 6.13. The molecule has 2 heterocycles. The number of nitrogens with one attached hydrogen (secondary N) is 1. The number of rotatable bonds is 7. The number of hydrogen-bond acceptors (Lipinski definition) is 5. The summed E-state index contributed by atoms with van der Waals surface area (Å²) in [6, 6.07) is -1.00. The molecule has 2 fully saturated rings. The van der Waals surface area contributed by atoms with Gasteiger partial charge in [-0.25, -0.2) is 0 Å². The number of likely N-dealkylation sites (tertiary alicyclic amines) is 2. The van der Waals surface area contributed by atoms with Crippen molar-refractivity contribution < 1.29 is 24.3 Å². The molecule has 0 saturated carbocycles. The molecule has 2 rings (SSSR count). The van der Waals surface area contributed by atoms with Gasteiger partial charge in [0.15, 0.2) is 0 Å². The number of carboxylic acids is 1. The summed E-state index contributed by atoms with van der Waals surface area (Å²) in [5.74, 6) is -1.92. The maximum atomic E-state index is 12.2. The molecule has 0 aromatic rings. The van der Waals surface area contributed by atoms with Crippen LogP contribution in [-0.4, -0.2) is 76.9 Å². The molecule has 3 amide bonds. The van der Waals surface area contributed by atoms with E-state index in [0.717, 1.165) is 12.8 Å². The predicted octanol–water partition coefficient (Wildman–Crippen LogP) is -1.48. The zero-order valence-corrected chi connectivity index (χ0v) is 13.6. The van der Waals surface area contributed by atoms with E-state index in [1.807, 2.05) is 0 Å². The number of nitrogens with zero attached hydrogens (tertiary/aromatic N) is 2. The second-order valence-corrected chi connectivity index (χ2v) is 6.21. The van der Waals surface area contributed by atoms with Crippen molar-refractivity contribution in [2.45, 2.75) is 44.2 Å². The average Bonchev–Trinajstić information content (AvgIpc) is 3.14. The molecule has 0 aromatic carbocycles. The Hall–Kier alpha value is -2.16. The molecule has 0 aliphatic carbocycles. The molecule has 9 heteroatoms. The van der Waals surface area contributed by atoms with Gasteiger partial charge in [-0.15, -0.1) is 0 Å². The van der Waals surface area contributed by atoms with Gasteiger partial charge in [0.25, 0.3) is 0 Å². The Labute approximate surface area is 140 Å². The summed E-state index contributed by atoms with van der Waals surface area (Å²) in [7, 11) is 0. The van der Waals surface area contributed by atoms with Crippen molar-refractivity contribution in [1.29, 1.82) is 0 Å². The van der Waals surface area contributed by atoms with E-state index in [2.05, 4.69) is 5.32 Å². The molecule has 2 aliphatic heterocycles. The predicted molar refractivity (Wildman–Crippen MR) is 83.8 cm³/mol. The smallest absolute Gasteiger partial charge is 0.317 e. The fourth-order valence-corrected chi connectivity index (χ4v) is 3.40. The normalized spacial score (nSPS) is 24.1. The molecule has 0 unspecified atom stereocenters. The maximum Gasteiger partial charge on any atom is 0.317 e. The summed E-state index contributed by atoms with van der Waals surface area (Å²) >= 11 is 0. The maximum absolute atomic E-state index is 12.2. The molecular formula is C15H24N4O5. The number of carboxylic acid groups (broad SMARTS) is 1. The third kappa shape index (κ3) is 4.44. The minimum Gasteiger partial charge on any atom is -0.480 e. The largest absolute Gasteiger partial charge is 0.480 e. The molecule has 24 heavy (non-hydrogen) atoms. The summed E-state index contributed by atoms with van der Waals surface area (Å²) in [6.07, 6.45) is 2.82. The summed E-state index contributed by atoms with van der Waals surface area (Å²) in [4.78, 5) is 49.5. The van der Waals surface area contributed by atoms with E-state index < -0.39 is 24.0 Å². The SMILES string of the molecule is NC(=O)[C@@H]1CCCN1C(=O)CCNC(=O)[C@@H]1CCCN1CC(=O)O. The number of primary amides is 1. The van der Waals surface area contributed by atoms with E-state index in [-0.39, 0.29) is 31.3 Å².